The number of hydrogen-bond acceptors (Lipinski definition) is 12. The summed E-state index contributed by atoms with van der Waals surface area (Å²) < 4.78 is 14.5. The van der Waals surface area contributed by atoms with Gasteiger partial charge in [-0.2, -0.15) is 0 Å². The van der Waals surface area contributed by atoms with Crippen LogP contribution < -0.4 is 0 Å². The maximum atomic E-state index is 12.7. The number of fused-ring (bicyclic) bond motifs is 4. The molecule has 6 heterocycles. The molecular weight excluding hydrogens is 1010 g/mol. The minimum atomic E-state index is -1.37. The highest BCUT2D eigenvalue weighted by atomic mass is 35.5. The van der Waals surface area contributed by atoms with Crippen LogP contribution in [-0.2, 0) is 34.8 Å². The average Bonchev–Trinajstić information content (AvgIpc) is 4.01. The van der Waals surface area contributed by atoms with Gasteiger partial charge in [0.15, 0.2) is 0 Å². The van der Waals surface area contributed by atoms with E-state index in [-0.39, 0.29) is 12.1 Å². The van der Waals surface area contributed by atoms with E-state index in [1.807, 2.05) is 84.8 Å². The molecule has 4 aromatic heterocycles. The molecule has 4 aliphatic rings. The Bertz CT molecular complexity index is 3180. The fraction of sp³-hybridized carbons (Fsp3) is 0.390. The molecule has 6 aromatic rings. The number of pyridine rings is 2. The standard InChI is InChI=1S/C30H34N6O3.C29H31ClN6O3/c1-20-9-10-22-23(16-20)24(30(4,38)25-18-32-19-34(25)6)17-21-8-7-11-33-26(21)27(22)35-12-14-36(15-13-35)28(37)39-29(2,3)31-5;1-28(2,31-4)39-27(37)36-13-11-35(12-14-36)26-21-9-8-20(30)16-22(21)23(15-19-7-6-10-33-25(19)26)29(3,38)24-17-32-18-34(24)5/h7-11,16-19,27,38H,12-15H2,1-4,6H3;6-10,15-18,26,38H,11-14H2,1-3,5H3/t27-,30-;26-,29+/m00/s1. The number of piperazine rings is 2. The maximum absolute atomic E-state index is 12.7. The van der Waals surface area contributed by atoms with Gasteiger partial charge in [-0.3, -0.25) is 29.5 Å². The fourth-order valence-electron chi connectivity index (χ4n) is 10.9. The molecule has 404 valence electrons. The van der Waals surface area contributed by atoms with E-state index in [0.29, 0.717) is 74.3 Å². The highest BCUT2D eigenvalue weighted by molar-refractivity contribution is 6.30. The number of amides is 2. The second-order valence-corrected chi connectivity index (χ2v) is 22.0. The van der Waals surface area contributed by atoms with Gasteiger partial charge in [0.1, 0.15) is 11.2 Å². The minimum Gasteiger partial charge on any atom is -0.379 e. The Hall–Kier alpha value is -7.71. The lowest BCUT2D eigenvalue weighted by atomic mass is 9.83. The zero-order valence-corrected chi connectivity index (χ0v) is 46.2. The zero-order chi connectivity index (χ0) is 55.9. The molecule has 10 rings (SSSR count). The van der Waals surface area contributed by atoms with Crippen LogP contribution in [0.5, 0.6) is 0 Å². The van der Waals surface area contributed by atoms with Gasteiger partial charge >= 0.3 is 23.6 Å². The summed E-state index contributed by atoms with van der Waals surface area (Å²) in [7, 11) is 3.74. The molecule has 0 bridgehead atoms. The van der Waals surface area contributed by atoms with Gasteiger partial charge in [0.05, 0.1) is 87.6 Å². The van der Waals surface area contributed by atoms with E-state index in [4.69, 9.17) is 44.2 Å². The Morgan fingerprint density at radius 2 is 1.04 bits per heavy atom. The zero-order valence-electron chi connectivity index (χ0n) is 45.5. The summed E-state index contributed by atoms with van der Waals surface area (Å²) in [6.45, 7) is 30.7. The van der Waals surface area contributed by atoms with E-state index < -0.39 is 34.8 Å². The topological polar surface area (TPSA) is 176 Å². The first kappa shape index (κ1) is 55.1. The third-order valence-electron chi connectivity index (χ3n) is 15.0. The second-order valence-electron chi connectivity index (χ2n) is 21.5. The molecule has 4 atom stereocenters. The summed E-state index contributed by atoms with van der Waals surface area (Å²) in [5, 5.41) is 24.6. The van der Waals surface area contributed by atoms with Crippen molar-refractivity contribution in [3.63, 3.8) is 0 Å². The van der Waals surface area contributed by atoms with Crippen molar-refractivity contribution >= 4 is 47.1 Å². The minimum absolute atomic E-state index is 0.175. The van der Waals surface area contributed by atoms with E-state index in [1.54, 1.807) is 81.9 Å². The number of rotatable bonds is 8. The third-order valence-corrected chi connectivity index (χ3v) is 15.3. The summed E-state index contributed by atoms with van der Waals surface area (Å²) >= 11 is 6.53. The summed E-state index contributed by atoms with van der Waals surface area (Å²) in [6, 6.07) is 19.5. The van der Waals surface area contributed by atoms with Crippen LogP contribution in [0.1, 0.15) is 115 Å². The van der Waals surface area contributed by atoms with Crippen LogP contribution in [0.2, 0.25) is 5.02 Å². The van der Waals surface area contributed by atoms with Gasteiger partial charge in [-0.15, -0.1) is 0 Å². The van der Waals surface area contributed by atoms with Crippen LogP contribution in [0.4, 0.5) is 9.59 Å². The number of carbonyl (C=O) groups excluding carboxylic acids is 2. The number of ether oxygens (including phenoxy) is 2. The first-order chi connectivity index (χ1) is 37.0. The number of nitrogens with zero attached hydrogens (tertiary/aromatic N) is 12. The van der Waals surface area contributed by atoms with Gasteiger partial charge in [0, 0.05) is 83.9 Å². The Morgan fingerprint density at radius 3 is 1.44 bits per heavy atom. The predicted molar refractivity (Wildman–Crippen MR) is 297 cm³/mol. The van der Waals surface area contributed by atoms with Crippen molar-refractivity contribution in [1.29, 1.82) is 0 Å². The van der Waals surface area contributed by atoms with Crippen LogP contribution in [-0.4, -0.2) is 135 Å². The smallest absolute Gasteiger partial charge is 0.379 e. The van der Waals surface area contributed by atoms with E-state index in [9.17, 15) is 19.8 Å². The van der Waals surface area contributed by atoms with Gasteiger partial charge in [-0.25, -0.2) is 32.7 Å². The number of imidazole rings is 2. The van der Waals surface area contributed by atoms with Gasteiger partial charge in [0.25, 0.3) is 0 Å². The third kappa shape index (κ3) is 10.9. The molecule has 0 saturated carbocycles. The first-order valence-corrected chi connectivity index (χ1v) is 26.3. The molecule has 2 fully saturated rings. The lowest BCUT2D eigenvalue weighted by Crippen LogP contribution is -2.51. The predicted octanol–water partition coefficient (Wildman–Crippen LogP) is 9.11. The van der Waals surface area contributed by atoms with Crippen molar-refractivity contribution in [3.05, 3.63) is 188 Å². The van der Waals surface area contributed by atoms with Crippen molar-refractivity contribution in [3.8, 4) is 0 Å². The Kier molecular flexibility index (Phi) is 15.3. The molecule has 0 spiro atoms. The molecule has 0 unspecified atom stereocenters. The lowest BCUT2D eigenvalue weighted by Gasteiger charge is -2.39. The van der Waals surface area contributed by atoms with E-state index in [2.05, 4.69) is 54.6 Å². The molecule has 2 amide bonds. The summed E-state index contributed by atoms with van der Waals surface area (Å²) in [5.41, 5.74) is 6.26. The van der Waals surface area contributed by atoms with E-state index in [1.165, 1.54) is 0 Å². The molecule has 2 saturated heterocycles. The monoisotopic (exact) mass is 1070 g/mol. The number of benzene rings is 2. The van der Waals surface area contributed by atoms with Crippen molar-refractivity contribution in [1.82, 2.24) is 48.7 Å². The van der Waals surface area contributed by atoms with Crippen LogP contribution in [0.25, 0.3) is 33.0 Å². The normalized spacial score (nSPS) is 19.2. The Balaban J connectivity index is 0.000000190. The molecule has 78 heavy (non-hydrogen) atoms. The molecule has 2 aromatic carbocycles. The molecule has 19 heteroatoms. The Morgan fingerprint density at radius 1 is 0.628 bits per heavy atom. The van der Waals surface area contributed by atoms with Gasteiger partial charge in [0.2, 0.25) is 0 Å². The number of aliphatic hydroxyl groups is 2. The average molecular weight is 1070 g/mol. The number of carbonyl (C=O) groups is 2. The second kappa shape index (κ2) is 21.6. The molecule has 2 aliphatic carbocycles. The highest BCUT2D eigenvalue weighted by Crippen LogP contribution is 2.48. The highest BCUT2D eigenvalue weighted by Gasteiger charge is 2.43. The summed E-state index contributed by atoms with van der Waals surface area (Å²) in [4.78, 5) is 58.3. The number of aryl methyl sites for hydroxylation is 3. The largest absolute Gasteiger partial charge is 0.415 e. The van der Waals surface area contributed by atoms with Crippen molar-refractivity contribution < 1.29 is 29.3 Å². The van der Waals surface area contributed by atoms with Gasteiger partial charge in [-0.1, -0.05) is 53.6 Å². The lowest BCUT2D eigenvalue weighted by molar-refractivity contribution is 0.0228. The van der Waals surface area contributed by atoms with Crippen LogP contribution in [0, 0.1) is 20.1 Å². The molecule has 2 N–H and O–H groups in total. The summed E-state index contributed by atoms with van der Waals surface area (Å²) in [6.07, 6.45) is 13.4. The van der Waals surface area contributed by atoms with E-state index >= 15 is 0 Å². The number of hydrogen-bond donors (Lipinski definition) is 2. The molecule has 0 radical (unpaired) electrons. The van der Waals surface area contributed by atoms with Crippen molar-refractivity contribution in [2.75, 3.05) is 52.4 Å². The van der Waals surface area contributed by atoms with Gasteiger partial charge in [-0.05, 0) is 102 Å². The SMILES string of the molecule is [C-]#[N+]C(C)(C)OC(=O)N1CCN([C@H]2c3ccc(C)cc3C([C@](C)(O)c3cncn3C)=Cc3cccnc32)CC1.[C-]#[N+]C(C)(C)OC(=O)N1CCN([C@H]2c3ccc(Cl)cc3C([C@@](C)(O)c3cncn3C)=Cc3cccnc32)CC1. The molecule has 18 nitrogen and oxygen atoms in total. The van der Waals surface area contributed by atoms with Gasteiger partial charge < -0.3 is 38.6 Å². The van der Waals surface area contributed by atoms with Crippen molar-refractivity contribution in [2.45, 2.75) is 83.2 Å². The maximum Gasteiger partial charge on any atom is 0.415 e. The van der Waals surface area contributed by atoms with E-state index in [0.717, 1.165) is 55.9 Å². The van der Waals surface area contributed by atoms with Crippen LogP contribution in [0.3, 0.4) is 0 Å². The first-order valence-electron chi connectivity index (χ1n) is 25.9. The fourth-order valence-corrected chi connectivity index (χ4v) is 11.0. The molecular formula is C59H65ClN12O6. The van der Waals surface area contributed by atoms with Crippen LogP contribution >= 0.6 is 11.6 Å². The van der Waals surface area contributed by atoms with Crippen LogP contribution in [0.15, 0.2) is 98.1 Å². The Labute approximate surface area is 460 Å². The quantitative estimate of drug-likeness (QED) is 0.139. The van der Waals surface area contributed by atoms with Crippen molar-refractivity contribution in [2.24, 2.45) is 14.1 Å². The molecule has 2 aliphatic heterocycles. The number of aromatic nitrogens is 6. The summed E-state index contributed by atoms with van der Waals surface area (Å²) in [5.74, 6) is 0. The number of halogens is 1.